The molecule has 0 saturated carbocycles. The van der Waals surface area contributed by atoms with Crippen molar-refractivity contribution >= 4 is 57.2 Å². The van der Waals surface area contributed by atoms with Crippen molar-refractivity contribution in [1.29, 1.82) is 0 Å². The van der Waals surface area contributed by atoms with Crippen LogP contribution in [0.4, 0.5) is 0 Å². The summed E-state index contributed by atoms with van der Waals surface area (Å²) in [6.45, 7) is 0. The Morgan fingerprint density at radius 2 is 1.12 bits per heavy atom. The first-order valence-electron chi connectivity index (χ1n) is 5.91. The van der Waals surface area contributed by atoms with Gasteiger partial charge in [-0.05, 0) is 0 Å². The first-order chi connectivity index (χ1) is 8.09. The Morgan fingerprint density at radius 1 is 0.765 bits per heavy atom. The van der Waals surface area contributed by atoms with Crippen LogP contribution in [-0.2, 0) is 0 Å². The molecule has 1 N–H and O–H groups in total. The fourth-order valence-corrected chi connectivity index (χ4v) is 11.6. The molecule has 76 valence electrons. The zero-order chi connectivity index (χ0) is 12.3. The average Bonchev–Trinajstić information content (AvgIpc) is 2.30. The topological polar surface area (TPSA) is 20.2 Å². The van der Waals surface area contributed by atoms with E-state index in [2.05, 4.69) is 82.6 Å². The average molecular weight is 242 g/mol. The monoisotopic (exact) mass is 242 g/mol. The molecule has 0 spiro atoms. The number of hydrogen-bond donors (Lipinski definition) is 1. The summed E-state index contributed by atoms with van der Waals surface area (Å²) in [6.07, 6.45) is 0. The van der Waals surface area contributed by atoms with Crippen LogP contribution in [0.5, 0.6) is 0 Å². The molecule has 0 saturated heterocycles. The van der Waals surface area contributed by atoms with Crippen molar-refractivity contribution in [2.75, 3.05) is 0 Å². The third-order valence-corrected chi connectivity index (χ3v) is 12.7. The Labute approximate surface area is 122 Å². The van der Waals surface area contributed by atoms with Crippen molar-refractivity contribution in [3.63, 3.8) is 0 Å². The Hall–Kier alpha value is 0.0286. The molecule has 0 heterocycles. The van der Waals surface area contributed by atoms with Gasteiger partial charge >= 0.3 is 123 Å². The van der Waals surface area contributed by atoms with Gasteiger partial charge in [0.25, 0.3) is 0 Å². The van der Waals surface area contributed by atoms with Crippen molar-refractivity contribution in [3.05, 3.63) is 60.7 Å². The van der Waals surface area contributed by atoms with Crippen molar-refractivity contribution in [2.45, 2.75) is 0 Å². The summed E-state index contributed by atoms with van der Waals surface area (Å²) in [5.74, 6) is 0. The van der Waals surface area contributed by atoms with Crippen molar-refractivity contribution in [1.82, 2.24) is 0 Å². The predicted octanol–water partition coefficient (Wildman–Crippen LogP) is -0.626. The van der Waals surface area contributed by atoms with E-state index in [0.717, 1.165) is 0 Å². The van der Waals surface area contributed by atoms with Gasteiger partial charge in [-0.3, -0.25) is 0 Å². The molecule has 17 heavy (non-hydrogen) atoms. The zero-order valence-electron chi connectivity index (χ0n) is 10.3. The molecule has 1 nitrogen and oxygen atoms in total. The minimum atomic E-state index is -2.13. The predicted molar refractivity (Wildman–Crippen MR) is 78.8 cm³/mol. The molecule has 0 aliphatic rings. The normalized spacial score (nSPS) is 11.9. The number of rotatable bonds is 3. The van der Waals surface area contributed by atoms with Gasteiger partial charge in [-0.2, -0.15) is 0 Å². The van der Waals surface area contributed by atoms with Crippen LogP contribution in [0.2, 0.25) is 0 Å². The van der Waals surface area contributed by atoms with E-state index in [1.165, 1.54) is 10.4 Å². The maximum atomic E-state index is 10.6. The Kier molecular flexibility index (Phi) is 4.58. The summed E-state index contributed by atoms with van der Waals surface area (Å²) in [5.41, 5.74) is 0. The van der Waals surface area contributed by atoms with Crippen LogP contribution in [0, 0.1) is 0 Å². The van der Waals surface area contributed by atoms with Gasteiger partial charge in [0.05, 0.1) is 0 Å². The summed E-state index contributed by atoms with van der Waals surface area (Å²) < 4.78 is -2.13. The standard InChI is InChI=1S/C12H12OSi2.2Li/c13-14-15(11-7-3-1-4-8-11)12-9-5-2-6-10-12;;/h1-10,13,15H;;. The van der Waals surface area contributed by atoms with E-state index >= 15 is 0 Å². The summed E-state index contributed by atoms with van der Waals surface area (Å²) in [5, 5.41) is 2.69. The van der Waals surface area contributed by atoms with E-state index in [1.54, 1.807) is 0 Å². The molecule has 0 aromatic heterocycles. The van der Waals surface area contributed by atoms with E-state index < -0.39 is 12.8 Å². The molecular weight excluding hydrogens is 230 g/mol. The van der Waals surface area contributed by atoms with Gasteiger partial charge in [-0.25, -0.2) is 0 Å². The van der Waals surface area contributed by atoms with Crippen molar-refractivity contribution < 1.29 is 4.80 Å². The van der Waals surface area contributed by atoms with Gasteiger partial charge in [0.15, 0.2) is 0 Å². The SMILES string of the molecule is [Li][Si]([Li])(O)[SiH](c1ccccc1)c1ccccc1. The molecule has 0 radical (unpaired) electrons. The Balaban J connectivity index is 2.48. The summed E-state index contributed by atoms with van der Waals surface area (Å²) in [4.78, 5) is 10.6. The maximum absolute atomic E-state index is 10.6. The van der Waals surface area contributed by atoms with Gasteiger partial charge in [0, 0.05) is 0 Å². The quantitative estimate of drug-likeness (QED) is 0.711. The molecule has 0 atom stereocenters. The molecule has 0 aliphatic heterocycles. The molecule has 0 fully saturated rings. The van der Waals surface area contributed by atoms with E-state index in [4.69, 9.17) is 0 Å². The second-order valence-corrected chi connectivity index (χ2v) is 16.4. The molecule has 0 amide bonds. The molecular formula is C12H12Li2OSi2. The summed E-state index contributed by atoms with van der Waals surface area (Å²) in [7, 11) is -1.44. The molecule has 2 rings (SSSR count). The van der Waals surface area contributed by atoms with Crippen molar-refractivity contribution in [2.24, 2.45) is 0 Å². The fraction of sp³-hybridized carbons (Fsp3) is 0. The first-order valence-corrected chi connectivity index (χ1v) is 11.8. The second kappa shape index (κ2) is 5.78. The van der Waals surface area contributed by atoms with Gasteiger partial charge < -0.3 is 0 Å². The summed E-state index contributed by atoms with van der Waals surface area (Å²) in [6, 6.07) is 21.0. The van der Waals surface area contributed by atoms with Gasteiger partial charge in [-0.15, -0.1) is 0 Å². The van der Waals surface area contributed by atoms with Gasteiger partial charge in [-0.1, -0.05) is 0 Å². The third kappa shape index (κ3) is 3.50. The van der Waals surface area contributed by atoms with Crippen LogP contribution in [0.3, 0.4) is 0 Å². The van der Waals surface area contributed by atoms with Crippen LogP contribution in [0.25, 0.3) is 0 Å². The summed E-state index contributed by atoms with van der Waals surface area (Å²) >= 11 is 4.12. The van der Waals surface area contributed by atoms with Crippen LogP contribution < -0.4 is 10.4 Å². The second-order valence-electron chi connectivity index (χ2n) is 4.91. The third-order valence-electron chi connectivity index (χ3n) is 2.97. The van der Waals surface area contributed by atoms with Crippen LogP contribution in [0.15, 0.2) is 60.7 Å². The Morgan fingerprint density at radius 3 is 1.41 bits per heavy atom. The fourth-order valence-electron chi connectivity index (χ4n) is 2.30. The van der Waals surface area contributed by atoms with Crippen molar-refractivity contribution in [3.8, 4) is 0 Å². The number of benzene rings is 2. The van der Waals surface area contributed by atoms with E-state index in [-0.39, 0.29) is 0 Å². The molecule has 2 aromatic rings. The van der Waals surface area contributed by atoms with E-state index in [9.17, 15) is 4.80 Å². The van der Waals surface area contributed by atoms with Crippen LogP contribution in [0.1, 0.15) is 0 Å². The first kappa shape index (κ1) is 13.5. The molecule has 0 bridgehead atoms. The van der Waals surface area contributed by atoms with Gasteiger partial charge in [0.1, 0.15) is 0 Å². The molecule has 5 heteroatoms. The van der Waals surface area contributed by atoms with E-state index in [0.29, 0.717) is 0 Å². The van der Waals surface area contributed by atoms with Crippen LogP contribution in [-0.4, -0.2) is 51.7 Å². The van der Waals surface area contributed by atoms with Crippen LogP contribution >= 0.6 is 0 Å². The minimum absolute atomic E-state index is 1.35. The Bertz CT molecular complexity index is 431. The molecule has 2 aromatic carbocycles. The number of hydrogen-bond acceptors (Lipinski definition) is 1. The zero-order valence-corrected chi connectivity index (χ0v) is 12.5. The van der Waals surface area contributed by atoms with Gasteiger partial charge in [0.2, 0.25) is 0 Å². The van der Waals surface area contributed by atoms with E-state index in [1.807, 2.05) is 12.1 Å². The molecule has 0 aliphatic carbocycles. The molecule has 0 unspecified atom stereocenters.